The lowest BCUT2D eigenvalue weighted by Crippen LogP contribution is -2.27. The van der Waals surface area contributed by atoms with Gasteiger partial charge < -0.3 is 9.47 Å². The van der Waals surface area contributed by atoms with Gasteiger partial charge in [0, 0.05) is 22.2 Å². The Morgan fingerprint density at radius 2 is 1.74 bits per heavy atom. The smallest absolute Gasteiger partial charge is 0.293 e. The topological polar surface area (TPSA) is 99.0 Å². The van der Waals surface area contributed by atoms with Gasteiger partial charge >= 0.3 is 0 Å². The molecule has 1 heterocycles. The molecule has 178 valence electrons. The second kappa shape index (κ2) is 10.6. The Morgan fingerprint density at radius 1 is 1.03 bits per heavy atom. The molecule has 3 aromatic carbocycles. The molecule has 10 heteroatoms. The fraction of sp³-hybridized carbons (Fsp3) is 0.120. The highest BCUT2D eigenvalue weighted by Gasteiger charge is 2.36. The zero-order valence-corrected chi connectivity index (χ0v) is 20.0. The summed E-state index contributed by atoms with van der Waals surface area (Å²) in [5.41, 5.74) is 1.59. The number of thioether (sulfide) groups is 1. The summed E-state index contributed by atoms with van der Waals surface area (Å²) in [6.45, 7) is 0.0667. The van der Waals surface area contributed by atoms with E-state index in [4.69, 9.17) is 21.1 Å². The molecule has 0 radical (unpaired) electrons. The summed E-state index contributed by atoms with van der Waals surface area (Å²) in [5, 5.41) is 11.4. The summed E-state index contributed by atoms with van der Waals surface area (Å²) in [4.78, 5) is 37.3. The molecular formula is C25H19ClN2O6S. The number of methoxy groups -OCH3 is 1. The molecule has 8 nitrogen and oxygen atoms in total. The number of ether oxygens (including phenoxy) is 2. The number of rotatable bonds is 8. The van der Waals surface area contributed by atoms with E-state index in [9.17, 15) is 19.7 Å². The minimum Gasteiger partial charge on any atom is -0.493 e. The second-order valence-corrected chi connectivity index (χ2v) is 8.84. The van der Waals surface area contributed by atoms with Crippen LogP contribution in [0.5, 0.6) is 11.5 Å². The largest absolute Gasteiger partial charge is 0.493 e. The van der Waals surface area contributed by atoms with Crippen LogP contribution in [0.4, 0.5) is 10.5 Å². The first-order valence-electron chi connectivity index (χ1n) is 10.4. The number of benzene rings is 3. The minimum atomic E-state index is -0.536. The summed E-state index contributed by atoms with van der Waals surface area (Å²) in [6.07, 6.45) is 1.57. The third-order valence-corrected chi connectivity index (χ3v) is 6.49. The molecule has 1 aliphatic heterocycles. The van der Waals surface area contributed by atoms with Crippen LogP contribution < -0.4 is 9.47 Å². The number of hydrogen-bond acceptors (Lipinski definition) is 7. The van der Waals surface area contributed by atoms with Crippen LogP contribution in [0.15, 0.2) is 71.6 Å². The van der Waals surface area contributed by atoms with Crippen molar-refractivity contribution in [2.24, 2.45) is 0 Å². The van der Waals surface area contributed by atoms with Crippen molar-refractivity contribution in [2.75, 3.05) is 7.11 Å². The minimum absolute atomic E-state index is 0.146. The van der Waals surface area contributed by atoms with E-state index in [1.807, 2.05) is 18.2 Å². The van der Waals surface area contributed by atoms with Gasteiger partial charge in [-0.2, -0.15) is 0 Å². The monoisotopic (exact) mass is 510 g/mol. The van der Waals surface area contributed by atoms with Crippen molar-refractivity contribution in [3.05, 3.63) is 103 Å². The van der Waals surface area contributed by atoms with E-state index in [0.29, 0.717) is 22.1 Å². The number of imide groups is 1. The fourth-order valence-corrected chi connectivity index (χ4v) is 4.47. The quantitative estimate of drug-likeness (QED) is 0.206. The van der Waals surface area contributed by atoms with Crippen LogP contribution in [0.2, 0.25) is 5.02 Å². The van der Waals surface area contributed by atoms with Gasteiger partial charge in [-0.3, -0.25) is 24.6 Å². The van der Waals surface area contributed by atoms with Crippen LogP contribution >= 0.6 is 23.4 Å². The van der Waals surface area contributed by atoms with E-state index in [1.54, 1.807) is 36.4 Å². The highest BCUT2D eigenvalue weighted by Crippen LogP contribution is 2.36. The number of hydrogen-bond donors (Lipinski definition) is 0. The van der Waals surface area contributed by atoms with E-state index in [2.05, 4.69) is 0 Å². The van der Waals surface area contributed by atoms with Crippen LogP contribution in [-0.2, 0) is 17.9 Å². The van der Waals surface area contributed by atoms with Crippen molar-refractivity contribution < 1.29 is 24.0 Å². The molecule has 2 amide bonds. The average molecular weight is 511 g/mol. The van der Waals surface area contributed by atoms with Crippen molar-refractivity contribution >= 4 is 46.3 Å². The Hall–Kier alpha value is -3.82. The maximum Gasteiger partial charge on any atom is 0.293 e. The molecule has 1 fully saturated rings. The van der Waals surface area contributed by atoms with Crippen LogP contribution in [0.1, 0.15) is 16.7 Å². The summed E-state index contributed by atoms with van der Waals surface area (Å²) in [6, 6.07) is 18.5. The van der Waals surface area contributed by atoms with Crippen molar-refractivity contribution in [1.82, 2.24) is 4.90 Å². The highest BCUT2D eigenvalue weighted by molar-refractivity contribution is 8.18. The van der Waals surface area contributed by atoms with Gasteiger partial charge in [-0.25, -0.2) is 0 Å². The van der Waals surface area contributed by atoms with Gasteiger partial charge in [0.05, 0.1) is 23.5 Å². The Balaban J connectivity index is 1.51. The Labute approximate surface area is 210 Å². The molecule has 0 unspecified atom stereocenters. The number of amides is 2. The average Bonchev–Trinajstić information content (AvgIpc) is 3.11. The van der Waals surface area contributed by atoms with E-state index < -0.39 is 16.1 Å². The molecule has 3 aromatic rings. The number of carbonyl (C=O) groups is 2. The molecule has 0 atom stereocenters. The molecule has 0 aromatic heterocycles. The normalized spacial score (nSPS) is 14.5. The van der Waals surface area contributed by atoms with E-state index in [1.165, 1.54) is 25.3 Å². The van der Waals surface area contributed by atoms with Crippen LogP contribution in [0, 0.1) is 10.1 Å². The standard InChI is InChI=1S/C25H19ClN2O6S/c1-33-22-12-16(10-11-21(22)34-15-18-7-2-4-8-19(18)26)13-23-24(29)27(25(30)35-23)14-17-6-3-5-9-20(17)28(31)32/h2-13H,14-15H2,1H3/b23-13-. The number of nitro groups is 1. The SMILES string of the molecule is COc1cc(/C=C2\SC(=O)N(Cc3ccccc3[N+](=O)[O-])C2=O)ccc1OCc1ccccc1Cl. The van der Waals surface area contributed by atoms with Gasteiger partial charge in [-0.1, -0.05) is 54.1 Å². The van der Waals surface area contributed by atoms with Gasteiger partial charge in [0.1, 0.15) is 6.61 Å². The molecule has 4 rings (SSSR count). The number of halogens is 1. The molecule has 0 spiro atoms. The molecule has 35 heavy (non-hydrogen) atoms. The number of nitro benzene ring substituents is 1. The number of carbonyl (C=O) groups excluding carboxylic acids is 2. The lowest BCUT2D eigenvalue weighted by Gasteiger charge is -2.13. The molecule has 1 saturated heterocycles. The molecule has 0 aliphatic carbocycles. The van der Waals surface area contributed by atoms with Crippen LogP contribution in [0.3, 0.4) is 0 Å². The van der Waals surface area contributed by atoms with E-state index in [-0.39, 0.29) is 29.3 Å². The van der Waals surface area contributed by atoms with Gasteiger partial charge in [0.15, 0.2) is 11.5 Å². The maximum atomic E-state index is 12.9. The van der Waals surface area contributed by atoms with Gasteiger partial charge in [0.2, 0.25) is 0 Å². The van der Waals surface area contributed by atoms with Crippen molar-refractivity contribution in [2.45, 2.75) is 13.2 Å². The molecular weight excluding hydrogens is 492 g/mol. The highest BCUT2D eigenvalue weighted by atomic mass is 35.5. The summed E-state index contributed by atoms with van der Waals surface area (Å²) >= 11 is 6.96. The van der Waals surface area contributed by atoms with Gasteiger partial charge in [0.25, 0.3) is 16.8 Å². The Kier molecular flexibility index (Phi) is 7.38. The van der Waals surface area contributed by atoms with Crippen molar-refractivity contribution in [1.29, 1.82) is 0 Å². The third-order valence-electron chi connectivity index (χ3n) is 5.22. The first-order valence-corrected chi connectivity index (χ1v) is 11.6. The maximum absolute atomic E-state index is 12.9. The summed E-state index contributed by atoms with van der Waals surface area (Å²) < 4.78 is 11.3. The van der Waals surface area contributed by atoms with Crippen molar-refractivity contribution in [3.8, 4) is 11.5 Å². The first kappa shape index (κ1) is 24.3. The predicted octanol–water partition coefficient (Wildman–Crippen LogP) is 6.07. The van der Waals surface area contributed by atoms with E-state index >= 15 is 0 Å². The molecule has 1 aliphatic rings. The zero-order valence-electron chi connectivity index (χ0n) is 18.5. The lowest BCUT2D eigenvalue weighted by atomic mass is 10.1. The Morgan fingerprint density at radius 3 is 2.46 bits per heavy atom. The summed E-state index contributed by atoms with van der Waals surface area (Å²) in [5.74, 6) is 0.426. The van der Waals surface area contributed by atoms with Crippen LogP contribution in [0.25, 0.3) is 6.08 Å². The zero-order chi connectivity index (χ0) is 24.9. The second-order valence-electron chi connectivity index (χ2n) is 7.44. The molecule has 0 saturated carbocycles. The third kappa shape index (κ3) is 5.47. The van der Waals surface area contributed by atoms with Crippen molar-refractivity contribution in [3.63, 3.8) is 0 Å². The van der Waals surface area contributed by atoms with Crippen LogP contribution in [-0.4, -0.2) is 28.1 Å². The number of para-hydroxylation sites is 1. The lowest BCUT2D eigenvalue weighted by molar-refractivity contribution is -0.385. The fourth-order valence-electron chi connectivity index (χ4n) is 3.44. The molecule has 0 bridgehead atoms. The Bertz CT molecular complexity index is 1340. The molecule has 0 N–H and O–H groups in total. The first-order chi connectivity index (χ1) is 16.9. The predicted molar refractivity (Wildman–Crippen MR) is 133 cm³/mol. The number of nitrogens with zero attached hydrogens (tertiary/aromatic N) is 2. The van der Waals surface area contributed by atoms with Gasteiger partial charge in [-0.05, 0) is 41.6 Å². The summed E-state index contributed by atoms with van der Waals surface area (Å²) in [7, 11) is 1.50. The van der Waals surface area contributed by atoms with E-state index in [0.717, 1.165) is 22.2 Å². The van der Waals surface area contributed by atoms with Gasteiger partial charge in [-0.15, -0.1) is 0 Å².